The maximum atomic E-state index is 13.1. The van der Waals surface area contributed by atoms with Crippen molar-refractivity contribution in [2.24, 2.45) is 16.2 Å². The van der Waals surface area contributed by atoms with Crippen LogP contribution in [0.3, 0.4) is 0 Å². The Balaban J connectivity index is 1.49. The molecule has 1 aliphatic heterocycles. The molecular formula is C34H29N3O5. The minimum absolute atomic E-state index is 0.0451. The fraction of sp³-hybridized carbons (Fsp3) is 0.147. The van der Waals surface area contributed by atoms with Crippen LogP contribution < -0.4 is 4.90 Å². The van der Waals surface area contributed by atoms with Gasteiger partial charge in [0.1, 0.15) is 11.6 Å². The molecule has 1 unspecified atom stereocenters. The summed E-state index contributed by atoms with van der Waals surface area (Å²) in [5.41, 5.74) is 7.55. The Bertz CT molecular complexity index is 1710. The van der Waals surface area contributed by atoms with Gasteiger partial charge in [-0.2, -0.15) is 0 Å². The second-order valence-electron chi connectivity index (χ2n) is 10.0. The van der Waals surface area contributed by atoms with Crippen molar-refractivity contribution in [1.29, 1.82) is 0 Å². The first-order chi connectivity index (χ1) is 20.2. The number of ketones is 1. The number of nitrogens with zero attached hydrogens (tertiary/aromatic N) is 3. The van der Waals surface area contributed by atoms with Crippen LogP contribution in [0.2, 0.25) is 0 Å². The predicted molar refractivity (Wildman–Crippen MR) is 162 cm³/mol. The van der Waals surface area contributed by atoms with E-state index in [4.69, 9.17) is 9.68 Å². The first-order valence-corrected chi connectivity index (χ1v) is 13.4. The molecule has 0 saturated carbocycles. The molecule has 0 spiro atoms. The van der Waals surface area contributed by atoms with E-state index in [1.165, 1.54) is 6.92 Å². The summed E-state index contributed by atoms with van der Waals surface area (Å²) >= 11 is 0. The molecule has 4 aromatic rings. The van der Waals surface area contributed by atoms with Gasteiger partial charge in [0.15, 0.2) is 5.78 Å². The lowest BCUT2D eigenvalue weighted by molar-refractivity contribution is -0.143. The minimum Gasteiger partial charge on any atom is -0.318 e. The highest BCUT2D eigenvalue weighted by Crippen LogP contribution is 2.35. The molecule has 0 aromatic heterocycles. The molecule has 0 radical (unpaired) electrons. The summed E-state index contributed by atoms with van der Waals surface area (Å²) in [6, 6.07) is 30.4. The highest BCUT2D eigenvalue weighted by molar-refractivity contribution is 6.14. The van der Waals surface area contributed by atoms with Crippen molar-refractivity contribution in [2.45, 2.75) is 27.7 Å². The summed E-state index contributed by atoms with van der Waals surface area (Å²) in [7, 11) is 0. The molecule has 5 rings (SSSR count). The molecule has 0 amide bonds. The maximum absolute atomic E-state index is 13.1. The van der Waals surface area contributed by atoms with E-state index in [1.54, 1.807) is 13.8 Å². The van der Waals surface area contributed by atoms with Gasteiger partial charge in [0.2, 0.25) is 0 Å². The number of aryl methyl sites for hydroxylation is 1. The van der Waals surface area contributed by atoms with Crippen molar-refractivity contribution in [3.05, 3.63) is 125 Å². The van der Waals surface area contributed by atoms with Crippen LogP contribution in [0.15, 0.2) is 107 Å². The smallest absolute Gasteiger partial charge is 0.318 e. The van der Waals surface area contributed by atoms with E-state index in [0.717, 1.165) is 33.8 Å². The molecule has 8 heteroatoms. The molecule has 0 aliphatic carbocycles. The van der Waals surface area contributed by atoms with Gasteiger partial charge in [-0.25, -0.2) is 9.59 Å². The Morgan fingerprint density at radius 3 is 1.90 bits per heavy atom. The van der Waals surface area contributed by atoms with Crippen molar-refractivity contribution in [3.63, 3.8) is 0 Å². The molecule has 8 nitrogen and oxygen atoms in total. The minimum atomic E-state index is -0.487. The number of benzene rings is 4. The van der Waals surface area contributed by atoms with E-state index in [0.29, 0.717) is 22.6 Å². The Morgan fingerprint density at radius 1 is 0.810 bits per heavy atom. The first-order valence-electron chi connectivity index (χ1n) is 13.4. The molecule has 0 bridgehead atoms. The maximum Gasteiger partial charge on any atom is 0.343 e. The number of carbonyl (C=O) groups excluding carboxylic acids is 3. The van der Waals surface area contributed by atoms with Gasteiger partial charge in [0, 0.05) is 40.7 Å². The van der Waals surface area contributed by atoms with Crippen LogP contribution in [0.4, 0.5) is 17.1 Å². The third kappa shape index (κ3) is 6.02. The van der Waals surface area contributed by atoms with E-state index in [9.17, 15) is 14.4 Å². The zero-order valence-electron chi connectivity index (χ0n) is 23.7. The zero-order valence-corrected chi connectivity index (χ0v) is 23.7. The van der Waals surface area contributed by atoms with Gasteiger partial charge in [-0.15, -0.1) is 0 Å². The largest absolute Gasteiger partial charge is 0.343 e. The van der Waals surface area contributed by atoms with E-state index in [1.807, 2.05) is 104 Å². The van der Waals surface area contributed by atoms with Crippen molar-refractivity contribution in [2.75, 3.05) is 4.90 Å². The van der Waals surface area contributed by atoms with Crippen molar-refractivity contribution in [1.82, 2.24) is 0 Å². The number of oxime groups is 2. The second kappa shape index (κ2) is 12.0. The van der Waals surface area contributed by atoms with E-state index in [2.05, 4.69) is 15.2 Å². The van der Waals surface area contributed by atoms with Crippen LogP contribution in [-0.2, 0) is 19.3 Å². The molecular weight excluding hydrogens is 530 g/mol. The molecule has 0 fully saturated rings. The lowest BCUT2D eigenvalue weighted by Crippen LogP contribution is -2.15. The summed E-state index contributed by atoms with van der Waals surface area (Å²) in [6.07, 6.45) is 0. The summed E-state index contributed by atoms with van der Waals surface area (Å²) in [6.45, 7) is 6.79. The normalized spacial score (nSPS) is 14.7. The van der Waals surface area contributed by atoms with E-state index in [-0.39, 0.29) is 11.8 Å². The highest BCUT2D eigenvalue weighted by atomic mass is 16.7. The van der Waals surface area contributed by atoms with Crippen molar-refractivity contribution < 1.29 is 24.1 Å². The standard InChI is InChI=1S/C34H29N3O5/c1-21-6-5-7-28(20-21)33(39)27-12-18-31(19-13-27)37(29-14-8-25(9-15-29)23(3)35-41-24(4)38)30-16-10-26(11-17-30)32-22(2)34(40)42-36-32/h5-20,22H,1-4H3/b35-23+. The molecule has 1 atom stereocenters. The zero-order chi connectivity index (χ0) is 29.8. The van der Waals surface area contributed by atoms with Crippen molar-refractivity contribution in [3.8, 4) is 0 Å². The van der Waals surface area contributed by atoms with Crippen LogP contribution in [0.1, 0.15) is 53.4 Å². The number of hydrogen-bond acceptors (Lipinski definition) is 8. The van der Waals surface area contributed by atoms with Crippen LogP contribution in [0.5, 0.6) is 0 Å². The quantitative estimate of drug-likeness (QED) is 0.101. The first kappa shape index (κ1) is 28.2. The molecule has 1 heterocycles. The van der Waals surface area contributed by atoms with Crippen LogP contribution >= 0.6 is 0 Å². The van der Waals surface area contributed by atoms with E-state index >= 15 is 0 Å². The topological polar surface area (TPSA) is 97.6 Å². The summed E-state index contributed by atoms with van der Waals surface area (Å²) < 4.78 is 0. The molecule has 42 heavy (non-hydrogen) atoms. The molecule has 210 valence electrons. The van der Waals surface area contributed by atoms with Crippen LogP contribution in [0, 0.1) is 12.8 Å². The molecule has 0 N–H and O–H groups in total. The lowest BCUT2D eigenvalue weighted by atomic mass is 9.98. The van der Waals surface area contributed by atoms with Gasteiger partial charge in [-0.3, -0.25) is 4.79 Å². The Morgan fingerprint density at radius 2 is 1.38 bits per heavy atom. The fourth-order valence-corrected chi connectivity index (χ4v) is 4.65. The number of carbonyl (C=O) groups is 3. The average molecular weight is 560 g/mol. The second-order valence-corrected chi connectivity index (χ2v) is 10.0. The fourth-order valence-electron chi connectivity index (χ4n) is 4.65. The van der Waals surface area contributed by atoms with Crippen molar-refractivity contribution >= 4 is 46.2 Å². The third-order valence-corrected chi connectivity index (χ3v) is 6.94. The van der Waals surface area contributed by atoms with Crippen LogP contribution in [0.25, 0.3) is 0 Å². The van der Waals surface area contributed by atoms with Gasteiger partial charge in [0.25, 0.3) is 0 Å². The monoisotopic (exact) mass is 559 g/mol. The van der Waals surface area contributed by atoms with Gasteiger partial charge in [0.05, 0.1) is 5.71 Å². The van der Waals surface area contributed by atoms with Crippen LogP contribution in [-0.4, -0.2) is 29.1 Å². The summed E-state index contributed by atoms with van der Waals surface area (Å²) in [4.78, 5) is 47.8. The Hall–Kier alpha value is -5.37. The Labute approximate surface area is 243 Å². The summed E-state index contributed by atoms with van der Waals surface area (Å²) in [5, 5.41) is 7.82. The molecule has 4 aromatic carbocycles. The van der Waals surface area contributed by atoms with Gasteiger partial charge >= 0.3 is 11.9 Å². The number of anilines is 3. The summed E-state index contributed by atoms with van der Waals surface area (Å²) in [5.74, 6) is -1.34. The average Bonchev–Trinajstić information content (AvgIpc) is 3.34. The third-order valence-electron chi connectivity index (χ3n) is 6.94. The molecule has 0 saturated heterocycles. The predicted octanol–water partition coefficient (Wildman–Crippen LogP) is 6.88. The number of hydrogen-bond donors (Lipinski definition) is 0. The van der Waals surface area contributed by atoms with Gasteiger partial charge in [-0.1, -0.05) is 58.3 Å². The van der Waals surface area contributed by atoms with E-state index < -0.39 is 11.9 Å². The lowest BCUT2D eigenvalue weighted by Gasteiger charge is -2.26. The number of rotatable bonds is 8. The Kier molecular flexibility index (Phi) is 8.06. The molecule has 1 aliphatic rings. The highest BCUT2D eigenvalue weighted by Gasteiger charge is 2.29. The van der Waals surface area contributed by atoms with Gasteiger partial charge in [-0.05, 0) is 80.9 Å². The SMILES string of the molecule is CC(=O)O/N=C(\C)c1ccc(N(c2ccc(C(=O)c3cccc(C)c3)cc2)c2ccc(C3=NOC(=O)C3C)cc2)cc1. The van der Waals surface area contributed by atoms with Gasteiger partial charge < -0.3 is 14.6 Å².